The van der Waals surface area contributed by atoms with E-state index in [1.807, 2.05) is 18.2 Å². The Morgan fingerprint density at radius 2 is 1.89 bits per heavy atom. The van der Waals surface area contributed by atoms with E-state index in [1.54, 1.807) is 18.5 Å². The van der Waals surface area contributed by atoms with Gasteiger partial charge in [0, 0.05) is 6.20 Å². The summed E-state index contributed by atoms with van der Waals surface area (Å²) in [6.45, 7) is 0. The Balaban J connectivity index is 3.04. The fourth-order valence-corrected chi connectivity index (χ4v) is 0.415. The Morgan fingerprint density at radius 1 is 1.00 bits per heavy atom. The molecule has 0 spiro atoms. The molecule has 1 aromatic heterocycles. The minimum Gasteiger partial charge on any atom is -0.267 e. The largest absolute Gasteiger partial charge is 0.267 e. The van der Waals surface area contributed by atoms with Crippen LogP contribution in [0.1, 0.15) is 0 Å². The number of aromatic nitrogens is 3. The van der Waals surface area contributed by atoms with Crippen LogP contribution in [0.25, 0.3) is 0 Å². The first kappa shape index (κ1) is 5.75. The van der Waals surface area contributed by atoms with Gasteiger partial charge in [0.05, 0.1) is 6.20 Å². The third-order valence-corrected chi connectivity index (χ3v) is 0.772. The molecule has 0 atom stereocenters. The van der Waals surface area contributed by atoms with Crippen molar-refractivity contribution in [2.45, 2.75) is 0 Å². The van der Waals surface area contributed by atoms with E-state index in [0.29, 0.717) is 0 Å². The summed E-state index contributed by atoms with van der Waals surface area (Å²) in [6, 6.07) is 7.41. The fourth-order valence-electron chi connectivity index (χ4n) is 0.415. The lowest BCUT2D eigenvalue weighted by atomic mass is 10.5. The molecule has 1 N–H and O–H groups in total. The van der Waals surface area contributed by atoms with Crippen LogP contribution in [-0.2, 0) is 0 Å². The van der Waals surface area contributed by atoms with Gasteiger partial charge in [-0.2, -0.15) is 0 Å². The Morgan fingerprint density at radius 3 is 2.89 bits per heavy atom. The third kappa shape index (κ3) is 2.43. The van der Waals surface area contributed by atoms with Crippen molar-refractivity contribution in [2.75, 3.05) is 0 Å². The highest BCUT2D eigenvalue weighted by atomic mass is 15.3. The summed E-state index contributed by atoms with van der Waals surface area (Å²) in [7, 11) is 0. The maximum atomic E-state index is 3.62. The zero-order valence-electron chi connectivity index (χ0n) is 4.86. The lowest BCUT2D eigenvalue weighted by molar-refractivity contribution is 0.884. The molecular weight excluding hydrogens is 114 g/mol. The second-order valence-corrected chi connectivity index (χ2v) is 1.43. The normalized spacial score (nSPS) is 8.00. The molecule has 0 saturated heterocycles. The number of nitrogens with zero attached hydrogens (tertiary/aromatic N) is 2. The van der Waals surface area contributed by atoms with Gasteiger partial charge < -0.3 is 0 Å². The lowest BCUT2D eigenvalue weighted by Crippen LogP contribution is -1.73. The summed E-state index contributed by atoms with van der Waals surface area (Å²) in [5, 5.41) is 9.78. The van der Waals surface area contributed by atoms with E-state index in [9.17, 15) is 0 Å². The standard InChI is InChI=1S/C6H7N3/c1-2-4-6-8-9-7-5-3-1/h1-6H,(H,7,8). The Bertz CT molecular complexity index is 130. The smallest absolute Gasteiger partial charge is 0.0513 e. The summed E-state index contributed by atoms with van der Waals surface area (Å²) in [6.07, 6.45) is 3.31. The highest BCUT2D eigenvalue weighted by molar-refractivity contribution is 4.87. The Hall–Kier alpha value is -1.38. The van der Waals surface area contributed by atoms with Crippen LogP contribution in [-0.4, -0.2) is 15.4 Å². The van der Waals surface area contributed by atoms with Crippen LogP contribution in [0, 0.1) is 0 Å². The average Bonchev–Trinajstić information content (AvgIpc) is 2.00. The molecule has 9 heavy (non-hydrogen) atoms. The summed E-state index contributed by atoms with van der Waals surface area (Å²) in [5.41, 5.74) is 0. The van der Waals surface area contributed by atoms with Gasteiger partial charge in [-0.1, -0.05) is 17.3 Å². The molecule has 0 aromatic carbocycles. The topological polar surface area (TPSA) is 41.6 Å². The summed E-state index contributed by atoms with van der Waals surface area (Å²) < 4.78 is 0. The Kier molecular flexibility index (Phi) is 2.30. The first-order chi connectivity index (χ1) is 4.50. The number of nitrogens with one attached hydrogen (secondary N) is 1. The molecule has 0 bridgehead atoms. The average molecular weight is 121 g/mol. The van der Waals surface area contributed by atoms with Crippen LogP contribution < -0.4 is 0 Å². The highest BCUT2D eigenvalue weighted by Crippen LogP contribution is 1.71. The first-order valence-electron chi connectivity index (χ1n) is 2.64. The molecule has 1 heterocycles. The van der Waals surface area contributed by atoms with E-state index in [0.717, 1.165) is 0 Å². The van der Waals surface area contributed by atoms with E-state index in [4.69, 9.17) is 0 Å². The van der Waals surface area contributed by atoms with Crippen molar-refractivity contribution in [3.8, 4) is 0 Å². The van der Waals surface area contributed by atoms with Gasteiger partial charge >= 0.3 is 0 Å². The van der Waals surface area contributed by atoms with E-state index >= 15 is 0 Å². The van der Waals surface area contributed by atoms with Gasteiger partial charge in [0.15, 0.2) is 0 Å². The number of rotatable bonds is 0. The second-order valence-electron chi connectivity index (χ2n) is 1.43. The zero-order valence-corrected chi connectivity index (χ0v) is 4.86. The number of aromatic amines is 1. The van der Waals surface area contributed by atoms with E-state index in [1.165, 1.54) is 0 Å². The SMILES string of the molecule is c1ccc[nH]nncc1. The molecule has 3 nitrogen and oxygen atoms in total. The predicted octanol–water partition coefficient (Wildman–Crippen LogP) is 0.929. The van der Waals surface area contributed by atoms with Crippen molar-refractivity contribution < 1.29 is 0 Å². The van der Waals surface area contributed by atoms with Crippen LogP contribution in [0.4, 0.5) is 0 Å². The van der Waals surface area contributed by atoms with Gasteiger partial charge in [-0.3, -0.25) is 5.10 Å². The molecular formula is C6H7N3. The fraction of sp³-hybridized carbons (Fsp3) is 0. The van der Waals surface area contributed by atoms with Gasteiger partial charge in [0.2, 0.25) is 0 Å². The molecule has 1 aromatic rings. The quantitative estimate of drug-likeness (QED) is 0.554. The minimum atomic E-state index is 1.61. The predicted molar refractivity (Wildman–Crippen MR) is 34.0 cm³/mol. The summed E-state index contributed by atoms with van der Waals surface area (Å²) >= 11 is 0. The molecule has 0 aliphatic carbocycles. The first-order valence-corrected chi connectivity index (χ1v) is 2.64. The van der Waals surface area contributed by atoms with Crippen molar-refractivity contribution in [3.63, 3.8) is 0 Å². The summed E-state index contributed by atoms with van der Waals surface area (Å²) in [5.74, 6) is 0. The second kappa shape index (κ2) is 3.60. The molecule has 0 aliphatic heterocycles. The van der Waals surface area contributed by atoms with Crippen molar-refractivity contribution in [2.24, 2.45) is 0 Å². The third-order valence-electron chi connectivity index (χ3n) is 0.772. The molecule has 0 amide bonds. The molecule has 0 radical (unpaired) electrons. The van der Waals surface area contributed by atoms with Gasteiger partial charge in [-0.15, -0.1) is 5.10 Å². The zero-order chi connectivity index (χ0) is 6.36. The molecule has 0 aliphatic rings. The monoisotopic (exact) mass is 121 g/mol. The molecule has 46 valence electrons. The van der Waals surface area contributed by atoms with Gasteiger partial charge in [-0.25, -0.2) is 0 Å². The maximum Gasteiger partial charge on any atom is 0.0513 e. The molecule has 3 heteroatoms. The Labute approximate surface area is 53.1 Å². The van der Waals surface area contributed by atoms with Crippen molar-refractivity contribution in [3.05, 3.63) is 36.7 Å². The van der Waals surface area contributed by atoms with Gasteiger partial charge in [-0.05, 0) is 12.1 Å². The van der Waals surface area contributed by atoms with Crippen LogP contribution in [0.15, 0.2) is 36.7 Å². The summed E-state index contributed by atoms with van der Waals surface area (Å²) in [4.78, 5) is 0. The maximum absolute atomic E-state index is 3.62. The van der Waals surface area contributed by atoms with Crippen molar-refractivity contribution in [1.29, 1.82) is 0 Å². The molecule has 0 saturated carbocycles. The molecule has 1 rings (SSSR count). The molecule has 0 fully saturated rings. The van der Waals surface area contributed by atoms with Crippen molar-refractivity contribution >= 4 is 0 Å². The van der Waals surface area contributed by atoms with Crippen LogP contribution in [0.5, 0.6) is 0 Å². The van der Waals surface area contributed by atoms with Crippen molar-refractivity contribution in [1.82, 2.24) is 15.4 Å². The number of H-pyrrole nitrogens is 1. The van der Waals surface area contributed by atoms with Crippen LogP contribution >= 0.6 is 0 Å². The number of hydrogen-bond donors (Lipinski definition) is 1. The lowest BCUT2D eigenvalue weighted by Gasteiger charge is -1.64. The number of hydrogen-bond acceptors (Lipinski definition) is 2. The minimum absolute atomic E-state index is 1.61. The van der Waals surface area contributed by atoms with Gasteiger partial charge in [0.1, 0.15) is 0 Å². The van der Waals surface area contributed by atoms with E-state index in [-0.39, 0.29) is 0 Å². The molecule has 0 unspecified atom stereocenters. The van der Waals surface area contributed by atoms with Gasteiger partial charge in [0.25, 0.3) is 0 Å². The van der Waals surface area contributed by atoms with Crippen LogP contribution in [0.2, 0.25) is 0 Å². The highest BCUT2D eigenvalue weighted by Gasteiger charge is 1.58. The van der Waals surface area contributed by atoms with E-state index in [2.05, 4.69) is 15.4 Å². The van der Waals surface area contributed by atoms with E-state index < -0.39 is 0 Å². The van der Waals surface area contributed by atoms with Crippen LogP contribution in [0.3, 0.4) is 0 Å².